The highest BCUT2D eigenvalue weighted by Crippen LogP contribution is 2.25. The van der Waals surface area contributed by atoms with E-state index in [4.69, 9.17) is 9.84 Å². The van der Waals surface area contributed by atoms with Crippen LogP contribution in [0.15, 0.2) is 90.2 Å². The Morgan fingerprint density at radius 2 is 1.79 bits per heavy atom. The van der Waals surface area contributed by atoms with Crippen LogP contribution in [0.5, 0.6) is 11.5 Å². The minimum absolute atomic E-state index is 0.104. The minimum atomic E-state index is -0.501. The molecular weight excluding hydrogens is 416 g/mol. The number of carbonyl (C=O) groups excluding carboxylic acids is 1. The molecular formula is C26H24N4O3. The van der Waals surface area contributed by atoms with E-state index in [0.717, 1.165) is 29.0 Å². The van der Waals surface area contributed by atoms with E-state index in [1.165, 1.54) is 12.1 Å². The van der Waals surface area contributed by atoms with Gasteiger partial charge in [-0.15, -0.1) is 0 Å². The molecule has 0 fully saturated rings. The van der Waals surface area contributed by atoms with Gasteiger partial charge >= 0.3 is 0 Å². The van der Waals surface area contributed by atoms with Crippen LogP contribution < -0.4 is 10.2 Å². The first-order valence-electron chi connectivity index (χ1n) is 10.7. The Bertz CT molecular complexity index is 1250. The van der Waals surface area contributed by atoms with Crippen LogP contribution in [0, 0.1) is 0 Å². The van der Waals surface area contributed by atoms with Crippen molar-refractivity contribution in [2.75, 3.05) is 6.61 Å². The number of para-hydroxylation sites is 2. The van der Waals surface area contributed by atoms with E-state index in [0.29, 0.717) is 12.3 Å². The summed E-state index contributed by atoms with van der Waals surface area (Å²) in [6.07, 6.45) is 4.33. The number of hydrogen-bond acceptors (Lipinski definition) is 5. The summed E-state index contributed by atoms with van der Waals surface area (Å²) in [5, 5.41) is 18.7. The second-order valence-corrected chi connectivity index (χ2v) is 7.30. The van der Waals surface area contributed by atoms with Crippen molar-refractivity contribution in [3.8, 4) is 28.4 Å². The molecule has 0 spiro atoms. The first-order valence-corrected chi connectivity index (χ1v) is 10.7. The number of aromatic nitrogens is 2. The van der Waals surface area contributed by atoms with Crippen molar-refractivity contribution in [2.24, 2.45) is 5.10 Å². The van der Waals surface area contributed by atoms with E-state index in [9.17, 15) is 9.90 Å². The molecule has 166 valence electrons. The quantitative estimate of drug-likeness (QED) is 0.304. The lowest BCUT2D eigenvalue weighted by Gasteiger charge is -2.05. The highest BCUT2D eigenvalue weighted by atomic mass is 16.5. The van der Waals surface area contributed by atoms with Crippen LogP contribution in [-0.2, 0) is 0 Å². The van der Waals surface area contributed by atoms with Gasteiger partial charge in [0.15, 0.2) is 0 Å². The molecule has 3 aromatic carbocycles. The summed E-state index contributed by atoms with van der Waals surface area (Å²) in [7, 11) is 0. The molecule has 0 saturated carbocycles. The van der Waals surface area contributed by atoms with E-state index >= 15 is 0 Å². The van der Waals surface area contributed by atoms with Crippen molar-refractivity contribution in [3.05, 3.63) is 96.2 Å². The smallest absolute Gasteiger partial charge is 0.275 e. The zero-order chi connectivity index (χ0) is 23.0. The molecule has 1 heterocycles. The molecule has 0 bridgehead atoms. The van der Waals surface area contributed by atoms with Gasteiger partial charge in [0, 0.05) is 17.3 Å². The molecule has 4 aromatic rings. The number of nitrogens with one attached hydrogen (secondary N) is 1. The summed E-state index contributed by atoms with van der Waals surface area (Å²) >= 11 is 0. The van der Waals surface area contributed by atoms with E-state index in [1.807, 2.05) is 60.8 Å². The SMILES string of the molecule is CCCOc1ccc(-c2nn(-c3ccccc3)cc2/C=N\NC(=O)c2ccccc2O)cc1. The lowest BCUT2D eigenvalue weighted by Crippen LogP contribution is -2.17. The Labute approximate surface area is 192 Å². The normalized spacial score (nSPS) is 10.9. The van der Waals surface area contributed by atoms with Crippen molar-refractivity contribution in [1.29, 1.82) is 0 Å². The molecule has 0 aliphatic rings. The average Bonchev–Trinajstić information content (AvgIpc) is 3.28. The van der Waals surface area contributed by atoms with Crippen LogP contribution in [-0.4, -0.2) is 33.6 Å². The number of rotatable bonds is 8. The van der Waals surface area contributed by atoms with Crippen molar-refractivity contribution < 1.29 is 14.6 Å². The predicted octanol–water partition coefficient (Wildman–Crippen LogP) is 4.80. The predicted molar refractivity (Wildman–Crippen MR) is 128 cm³/mol. The number of hydrazone groups is 1. The van der Waals surface area contributed by atoms with Gasteiger partial charge in [0.25, 0.3) is 5.91 Å². The van der Waals surface area contributed by atoms with E-state index in [1.54, 1.807) is 23.0 Å². The summed E-state index contributed by atoms with van der Waals surface area (Å²) < 4.78 is 7.44. The third-order valence-corrected chi connectivity index (χ3v) is 4.88. The van der Waals surface area contributed by atoms with Crippen molar-refractivity contribution in [3.63, 3.8) is 0 Å². The number of aromatic hydroxyl groups is 1. The van der Waals surface area contributed by atoms with Crippen molar-refractivity contribution in [1.82, 2.24) is 15.2 Å². The van der Waals surface area contributed by atoms with Gasteiger partial charge in [-0.25, -0.2) is 10.1 Å². The van der Waals surface area contributed by atoms with E-state index in [-0.39, 0.29) is 11.3 Å². The second kappa shape index (κ2) is 10.3. The third-order valence-electron chi connectivity index (χ3n) is 4.88. The molecule has 0 radical (unpaired) electrons. The number of phenolic OH excluding ortho intramolecular Hbond substituents is 1. The summed E-state index contributed by atoms with van der Waals surface area (Å²) in [5.41, 5.74) is 5.84. The zero-order valence-electron chi connectivity index (χ0n) is 18.2. The molecule has 7 heteroatoms. The molecule has 7 nitrogen and oxygen atoms in total. The molecule has 0 aliphatic carbocycles. The Kier molecular flexibility index (Phi) is 6.80. The number of phenols is 1. The van der Waals surface area contributed by atoms with Gasteiger partial charge in [-0.1, -0.05) is 37.3 Å². The van der Waals surface area contributed by atoms with Crippen LogP contribution in [0.4, 0.5) is 0 Å². The van der Waals surface area contributed by atoms with Gasteiger partial charge in [-0.2, -0.15) is 10.2 Å². The standard InChI is InChI=1S/C26H24N4O3/c1-2-16-33-22-14-12-19(13-15-22)25-20(18-30(29-25)21-8-4-3-5-9-21)17-27-28-26(32)23-10-6-7-11-24(23)31/h3-15,17-18,31H,2,16H2,1H3,(H,28,32)/b27-17-. The number of carbonyl (C=O) groups is 1. The number of ether oxygens (including phenoxy) is 1. The second-order valence-electron chi connectivity index (χ2n) is 7.30. The fourth-order valence-electron chi connectivity index (χ4n) is 3.23. The maximum atomic E-state index is 12.3. The van der Waals surface area contributed by atoms with Crippen molar-refractivity contribution in [2.45, 2.75) is 13.3 Å². The van der Waals surface area contributed by atoms with Crippen LogP contribution in [0.3, 0.4) is 0 Å². The molecule has 1 amide bonds. The monoisotopic (exact) mass is 440 g/mol. The molecule has 0 aliphatic heterocycles. The highest BCUT2D eigenvalue weighted by molar-refractivity contribution is 5.97. The average molecular weight is 441 g/mol. The molecule has 0 saturated heterocycles. The van der Waals surface area contributed by atoms with Gasteiger partial charge in [0.05, 0.1) is 24.1 Å². The van der Waals surface area contributed by atoms with Crippen molar-refractivity contribution >= 4 is 12.1 Å². The van der Waals surface area contributed by atoms with Gasteiger partial charge in [-0.05, 0) is 55.0 Å². The number of nitrogens with zero attached hydrogens (tertiary/aromatic N) is 3. The lowest BCUT2D eigenvalue weighted by atomic mass is 10.1. The number of hydrogen-bond donors (Lipinski definition) is 2. The topological polar surface area (TPSA) is 88.7 Å². The molecule has 33 heavy (non-hydrogen) atoms. The van der Waals surface area contributed by atoms with Gasteiger partial charge < -0.3 is 9.84 Å². The Hall–Kier alpha value is -4.39. The molecule has 2 N–H and O–H groups in total. The largest absolute Gasteiger partial charge is 0.507 e. The first kappa shape index (κ1) is 21.8. The summed E-state index contributed by atoms with van der Waals surface area (Å²) in [6, 6.07) is 23.8. The number of benzene rings is 3. The summed E-state index contributed by atoms with van der Waals surface area (Å²) in [4.78, 5) is 12.3. The zero-order valence-corrected chi connectivity index (χ0v) is 18.2. The Morgan fingerprint density at radius 3 is 2.52 bits per heavy atom. The maximum absolute atomic E-state index is 12.3. The lowest BCUT2D eigenvalue weighted by molar-refractivity contribution is 0.0952. The minimum Gasteiger partial charge on any atom is -0.507 e. The van der Waals surface area contributed by atoms with E-state index in [2.05, 4.69) is 17.5 Å². The maximum Gasteiger partial charge on any atom is 0.275 e. The summed E-state index contributed by atoms with van der Waals surface area (Å²) in [6.45, 7) is 2.73. The Morgan fingerprint density at radius 1 is 1.06 bits per heavy atom. The van der Waals surface area contributed by atoms with Crippen LogP contribution in [0.25, 0.3) is 16.9 Å². The molecule has 1 aromatic heterocycles. The Balaban J connectivity index is 1.62. The highest BCUT2D eigenvalue weighted by Gasteiger charge is 2.13. The van der Waals surface area contributed by atoms with Crippen LogP contribution in [0.2, 0.25) is 0 Å². The van der Waals surface area contributed by atoms with Crippen LogP contribution >= 0.6 is 0 Å². The third kappa shape index (κ3) is 5.27. The first-order chi connectivity index (χ1) is 16.2. The van der Waals surface area contributed by atoms with Gasteiger partial charge in [0.1, 0.15) is 17.2 Å². The van der Waals surface area contributed by atoms with E-state index < -0.39 is 5.91 Å². The summed E-state index contributed by atoms with van der Waals surface area (Å²) in [5.74, 6) is 0.195. The molecule has 0 unspecified atom stereocenters. The molecule has 4 rings (SSSR count). The van der Waals surface area contributed by atoms with Gasteiger partial charge in [0.2, 0.25) is 0 Å². The fourth-order valence-corrected chi connectivity index (χ4v) is 3.23. The van der Waals surface area contributed by atoms with Crippen LogP contribution in [0.1, 0.15) is 29.3 Å². The molecule has 0 atom stereocenters. The number of amides is 1. The van der Waals surface area contributed by atoms with Gasteiger partial charge in [-0.3, -0.25) is 4.79 Å². The fraction of sp³-hybridized carbons (Fsp3) is 0.115.